The molecule has 1 fully saturated rings. The van der Waals surface area contributed by atoms with E-state index in [1.807, 2.05) is 26.0 Å². The van der Waals surface area contributed by atoms with Gasteiger partial charge < -0.3 is 4.90 Å². The third-order valence-corrected chi connectivity index (χ3v) is 3.08. The van der Waals surface area contributed by atoms with Crippen molar-refractivity contribution in [1.29, 1.82) is 0 Å². The van der Waals surface area contributed by atoms with Crippen molar-refractivity contribution in [2.45, 2.75) is 32.6 Å². The quantitative estimate of drug-likeness (QED) is 0.658. The van der Waals surface area contributed by atoms with Gasteiger partial charge in [-0.05, 0) is 25.4 Å². The summed E-state index contributed by atoms with van der Waals surface area (Å²) >= 11 is 0. The Morgan fingerprint density at radius 1 is 1.25 bits per heavy atom. The van der Waals surface area contributed by atoms with E-state index in [1.54, 1.807) is 0 Å². The average molecular weight is 337 g/mol. The molecule has 2 heteroatoms. The number of likely N-dealkylation sites (N-methyl/N-ethyl adjacent to an activating group) is 1. The summed E-state index contributed by atoms with van der Waals surface area (Å²) in [6.45, 7) is 8.75. The number of nitrogens with zero attached hydrogens (tertiary/aromatic N) is 1. The van der Waals surface area contributed by atoms with Gasteiger partial charge in [-0.2, -0.15) is 35.9 Å². The monoisotopic (exact) mass is 337 g/mol. The van der Waals surface area contributed by atoms with E-state index < -0.39 is 0 Å². The third-order valence-electron chi connectivity index (χ3n) is 3.08. The average Bonchev–Trinajstić information content (AvgIpc) is 2.64. The van der Waals surface area contributed by atoms with Crippen LogP contribution in [0.3, 0.4) is 0 Å². The second-order valence-corrected chi connectivity index (χ2v) is 4.34. The second-order valence-electron chi connectivity index (χ2n) is 4.34. The van der Waals surface area contributed by atoms with E-state index in [4.69, 9.17) is 0 Å². The molecule has 1 saturated heterocycles. The van der Waals surface area contributed by atoms with Crippen LogP contribution in [0, 0.1) is 6.07 Å². The number of hydrogen-bond acceptors (Lipinski definition) is 1. The predicted molar refractivity (Wildman–Crippen MR) is 66.1 cm³/mol. The maximum absolute atomic E-state index is 3.07. The second kappa shape index (κ2) is 8.35. The Balaban J connectivity index is 0.000000711. The van der Waals surface area contributed by atoms with E-state index in [0.29, 0.717) is 5.41 Å². The van der Waals surface area contributed by atoms with Crippen LogP contribution in [0.5, 0.6) is 0 Å². The topological polar surface area (TPSA) is 3.24 Å². The molecule has 1 aromatic rings. The molecule has 1 aliphatic rings. The van der Waals surface area contributed by atoms with Gasteiger partial charge in [0, 0.05) is 6.54 Å². The summed E-state index contributed by atoms with van der Waals surface area (Å²) in [7, 11) is 2.19. The Morgan fingerprint density at radius 2 is 1.81 bits per heavy atom. The third kappa shape index (κ3) is 4.48. The van der Waals surface area contributed by atoms with Gasteiger partial charge in [-0.25, -0.2) is 0 Å². The van der Waals surface area contributed by atoms with Crippen LogP contribution < -0.4 is 68.9 Å². The molecule has 2 rings (SSSR count). The number of benzene rings is 1. The van der Waals surface area contributed by atoms with Crippen molar-refractivity contribution in [3.8, 4) is 0 Å². The summed E-state index contributed by atoms with van der Waals surface area (Å²) in [5, 5.41) is 0. The Morgan fingerprint density at radius 3 is 2.25 bits per heavy atom. The molecule has 1 nitrogen and oxygen atoms in total. The van der Waals surface area contributed by atoms with E-state index in [0.717, 1.165) is 0 Å². The fourth-order valence-corrected chi connectivity index (χ4v) is 2.22. The zero-order valence-electron chi connectivity index (χ0n) is 11.4. The van der Waals surface area contributed by atoms with Crippen molar-refractivity contribution in [2.75, 3.05) is 20.1 Å². The van der Waals surface area contributed by atoms with E-state index >= 15 is 0 Å². The molecule has 1 atom stereocenters. The minimum absolute atomic E-state index is 0. The van der Waals surface area contributed by atoms with Crippen LogP contribution in [0.25, 0.3) is 0 Å². The minimum atomic E-state index is 0. The molecule has 16 heavy (non-hydrogen) atoms. The maximum atomic E-state index is 3.07. The fourth-order valence-electron chi connectivity index (χ4n) is 2.22. The summed E-state index contributed by atoms with van der Waals surface area (Å²) in [4.78, 5) is 2.40. The van der Waals surface area contributed by atoms with Crippen LogP contribution in [0.2, 0.25) is 0 Å². The summed E-state index contributed by atoms with van der Waals surface area (Å²) in [5.41, 5.74) is 1.82. The number of rotatable bonds is 1. The minimum Gasteiger partial charge on any atom is -0.306 e. The molecule has 1 unspecified atom stereocenters. The van der Waals surface area contributed by atoms with E-state index in [9.17, 15) is 0 Å². The van der Waals surface area contributed by atoms with Crippen molar-refractivity contribution in [3.05, 3.63) is 35.9 Å². The van der Waals surface area contributed by atoms with Crippen LogP contribution >= 0.6 is 0 Å². The van der Waals surface area contributed by atoms with Crippen LogP contribution in [0.15, 0.2) is 24.3 Å². The molecule has 0 bridgehead atoms. The van der Waals surface area contributed by atoms with Crippen LogP contribution in [-0.2, 0) is 5.41 Å². The van der Waals surface area contributed by atoms with Gasteiger partial charge in [0.1, 0.15) is 0 Å². The van der Waals surface area contributed by atoms with Crippen molar-refractivity contribution >= 4 is 0 Å². The first-order valence-corrected chi connectivity index (χ1v) is 5.86. The molecule has 1 aliphatic heterocycles. The largest absolute Gasteiger partial charge is 1.00 e. The summed E-state index contributed by atoms with van der Waals surface area (Å²) < 4.78 is 0. The Kier molecular flexibility index (Phi) is 9.00. The molecule has 0 saturated carbocycles. The van der Waals surface area contributed by atoms with Gasteiger partial charge >= 0.3 is 68.9 Å². The Bertz CT molecular complexity index is 286. The van der Waals surface area contributed by atoms with E-state index in [2.05, 4.69) is 37.1 Å². The van der Waals surface area contributed by atoms with Gasteiger partial charge in [-0.3, -0.25) is 0 Å². The first kappa shape index (κ1) is 17.2. The van der Waals surface area contributed by atoms with Crippen LogP contribution in [0.4, 0.5) is 0 Å². The van der Waals surface area contributed by atoms with Gasteiger partial charge in [0.15, 0.2) is 0 Å². The van der Waals surface area contributed by atoms with E-state index in [1.165, 1.54) is 25.1 Å². The fraction of sp³-hybridized carbons (Fsp3) is 0.571. The molecule has 1 heterocycles. The summed E-state index contributed by atoms with van der Waals surface area (Å²) in [5.74, 6) is 0. The van der Waals surface area contributed by atoms with Crippen molar-refractivity contribution in [1.82, 2.24) is 4.90 Å². The first-order chi connectivity index (χ1) is 7.21. The van der Waals surface area contributed by atoms with Crippen LogP contribution in [0.1, 0.15) is 32.8 Å². The molecule has 0 radical (unpaired) electrons. The zero-order chi connectivity index (χ0) is 11.3. The van der Waals surface area contributed by atoms with Crippen molar-refractivity contribution in [2.24, 2.45) is 0 Å². The zero-order valence-corrected chi connectivity index (χ0v) is 17.7. The van der Waals surface area contributed by atoms with Gasteiger partial charge in [-0.15, -0.1) is 0 Å². The maximum Gasteiger partial charge on any atom is 1.00 e. The Labute approximate surface area is 159 Å². The Hall–Kier alpha value is 1.23. The molecular formula is C14H22CsN. The van der Waals surface area contributed by atoms with Crippen LogP contribution in [-0.4, -0.2) is 25.0 Å². The molecular weight excluding hydrogens is 315 g/mol. The molecule has 0 aromatic heterocycles. The SMILES string of the molecule is CC.CN1CCC(C)(c2cc[c-]cc2)C1.[Cs+]. The molecule has 0 spiro atoms. The molecule has 0 amide bonds. The van der Waals surface area contributed by atoms with Gasteiger partial charge in [0.05, 0.1) is 0 Å². The molecule has 84 valence electrons. The number of hydrogen-bond donors (Lipinski definition) is 0. The molecule has 0 N–H and O–H groups in total. The predicted octanol–water partition coefficient (Wildman–Crippen LogP) is 0.110. The number of likely N-dealkylation sites (tertiary alicyclic amines) is 1. The van der Waals surface area contributed by atoms with Gasteiger partial charge in [0.25, 0.3) is 0 Å². The summed E-state index contributed by atoms with van der Waals surface area (Å²) in [6, 6.07) is 11.5. The van der Waals surface area contributed by atoms with Crippen molar-refractivity contribution < 1.29 is 68.9 Å². The van der Waals surface area contributed by atoms with Gasteiger partial charge in [0.2, 0.25) is 0 Å². The van der Waals surface area contributed by atoms with Crippen molar-refractivity contribution in [3.63, 3.8) is 0 Å². The summed E-state index contributed by atoms with van der Waals surface area (Å²) in [6.07, 6.45) is 1.27. The molecule has 1 aromatic carbocycles. The smallest absolute Gasteiger partial charge is 0.306 e. The van der Waals surface area contributed by atoms with E-state index in [-0.39, 0.29) is 68.9 Å². The standard InChI is InChI=1S/C12H16N.C2H6.Cs/c1-12(8-9-13(2)10-12)11-6-4-3-5-7-11;1-2;/h4-7H,8-10H2,1-2H3;1-2H3;/q-1;;+1. The normalized spacial score (nSPS) is 24.2. The van der Waals surface area contributed by atoms with Gasteiger partial charge in [-0.1, -0.05) is 20.8 Å². The first-order valence-electron chi connectivity index (χ1n) is 5.86. The molecule has 0 aliphatic carbocycles.